The number of carbonyl (C=O) groups is 2. The van der Waals surface area contributed by atoms with Crippen molar-refractivity contribution in [1.82, 2.24) is 25.4 Å². The first-order valence-corrected chi connectivity index (χ1v) is 9.32. The van der Waals surface area contributed by atoms with Gasteiger partial charge < -0.3 is 15.1 Å². The number of nitrogens with one attached hydrogen (secondary N) is 2. The summed E-state index contributed by atoms with van der Waals surface area (Å²) in [5, 5.41) is 10.4. The van der Waals surface area contributed by atoms with Crippen molar-refractivity contribution in [2.45, 2.75) is 46.2 Å². The third kappa shape index (κ3) is 4.21. The van der Waals surface area contributed by atoms with Crippen molar-refractivity contribution in [3.05, 3.63) is 47.7 Å². The Bertz CT molecular complexity index is 973. The highest BCUT2D eigenvalue weighted by Crippen LogP contribution is 2.24. The molecule has 0 radical (unpaired) electrons. The van der Waals surface area contributed by atoms with Gasteiger partial charge in [0.25, 0.3) is 5.91 Å². The number of hydrogen-bond donors (Lipinski definition) is 2. The predicted octanol–water partition coefficient (Wildman–Crippen LogP) is 2.77. The van der Waals surface area contributed by atoms with Crippen LogP contribution in [0.4, 0.5) is 0 Å². The number of rotatable bonds is 7. The topological polar surface area (TPSA) is 102 Å². The molecule has 0 aliphatic carbocycles. The molecule has 0 fully saturated rings. The minimum atomic E-state index is -0.328. The standard InChI is InChI=1S/C20H25N5O3/c1-12(2)17-8-15(16-10-23-25(13(3)4)19(16)24-17)20(27)22-11-18(26)21-9-14-6-5-7-28-14/h5-8,10,12-13H,9,11H2,1-4H3,(H,21,26)(H,22,27). The highest BCUT2D eigenvalue weighted by atomic mass is 16.3. The Morgan fingerprint density at radius 1 is 1.21 bits per heavy atom. The van der Waals surface area contributed by atoms with Crippen LogP contribution in [0.3, 0.4) is 0 Å². The number of fused-ring (bicyclic) bond motifs is 1. The maximum atomic E-state index is 12.8. The van der Waals surface area contributed by atoms with Crippen LogP contribution in [0.25, 0.3) is 11.0 Å². The Morgan fingerprint density at radius 3 is 2.64 bits per heavy atom. The molecule has 3 aromatic rings. The van der Waals surface area contributed by atoms with Crippen molar-refractivity contribution < 1.29 is 14.0 Å². The number of furan rings is 1. The maximum Gasteiger partial charge on any atom is 0.252 e. The zero-order valence-corrected chi connectivity index (χ0v) is 16.5. The van der Waals surface area contributed by atoms with Gasteiger partial charge in [-0.1, -0.05) is 13.8 Å². The van der Waals surface area contributed by atoms with E-state index in [0.717, 1.165) is 5.69 Å². The summed E-state index contributed by atoms with van der Waals surface area (Å²) in [4.78, 5) is 29.5. The van der Waals surface area contributed by atoms with Gasteiger partial charge in [-0.3, -0.25) is 9.59 Å². The predicted molar refractivity (Wildman–Crippen MR) is 105 cm³/mol. The molecule has 0 aromatic carbocycles. The molecule has 0 saturated heterocycles. The van der Waals surface area contributed by atoms with Gasteiger partial charge >= 0.3 is 0 Å². The fourth-order valence-electron chi connectivity index (χ4n) is 2.82. The van der Waals surface area contributed by atoms with Crippen LogP contribution in [0, 0.1) is 0 Å². The largest absolute Gasteiger partial charge is 0.467 e. The summed E-state index contributed by atoms with van der Waals surface area (Å²) >= 11 is 0. The smallest absolute Gasteiger partial charge is 0.252 e. The SMILES string of the molecule is CC(C)c1cc(C(=O)NCC(=O)NCc2ccco2)c2cnn(C(C)C)c2n1. The lowest BCUT2D eigenvalue weighted by atomic mass is 10.0. The van der Waals surface area contributed by atoms with E-state index in [9.17, 15) is 9.59 Å². The molecule has 0 bridgehead atoms. The maximum absolute atomic E-state index is 12.8. The fraction of sp³-hybridized carbons (Fsp3) is 0.400. The van der Waals surface area contributed by atoms with Crippen molar-refractivity contribution >= 4 is 22.8 Å². The Kier molecular flexibility index (Phi) is 5.77. The monoisotopic (exact) mass is 383 g/mol. The van der Waals surface area contributed by atoms with E-state index in [1.807, 2.05) is 27.7 Å². The summed E-state index contributed by atoms with van der Waals surface area (Å²) < 4.78 is 6.97. The van der Waals surface area contributed by atoms with Crippen molar-refractivity contribution in [2.24, 2.45) is 0 Å². The van der Waals surface area contributed by atoms with Gasteiger partial charge in [0.2, 0.25) is 5.91 Å². The second kappa shape index (κ2) is 8.24. The molecular formula is C20H25N5O3. The van der Waals surface area contributed by atoms with E-state index < -0.39 is 0 Å². The molecule has 148 valence electrons. The highest BCUT2D eigenvalue weighted by Gasteiger charge is 2.19. The van der Waals surface area contributed by atoms with Gasteiger partial charge in [-0.25, -0.2) is 9.67 Å². The number of carbonyl (C=O) groups excluding carboxylic acids is 2. The molecule has 0 unspecified atom stereocenters. The van der Waals surface area contributed by atoms with Crippen LogP contribution in [-0.4, -0.2) is 33.1 Å². The van der Waals surface area contributed by atoms with Gasteiger partial charge in [0.15, 0.2) is 5.65 Å². The first-order chi connectivity index (χ1) is 13.4. The third-order valence-corrected chi connectivity index (χ3v) is 4.36. The molecule has 8 nitrogen and oxygen atoms in total. The lowest BCUT2D eigenvalue weighted by Crippen LogP contribution is -2.36. The van der Waals surface area contributed by atoms with Crippen LogP contribution in [0.2, 0.25) is 0 Å². The summed E-state index contributed by atoms with van der Waals surface area (Å²) in [7, 11) is 0. The van der Waals surface area contributed by atoms with E-state index in [2.05, 4.69) is 20.7 Å². The van der Waals surface area contributed by atoms with Gasteiger partial charge in [-0.15, -0.1) is 0 Å². The molecule has 0 saturated carbocycles. The first-order valence-electron chi connectivity index (χ1n) is 9.32. The van der Waals surface area contributed by atoms with Crippen LogP contribution in [0.5, 0.6) is 0 Å². The molecule has 3 rings (SSSR count). The Hall–Kier alpha value is -3.16. The van der Waals surface area contributed by atoms with Crippen LogP contribution in [0.15, 0.2) is 35.1 Å². The summed E-state index contributed by atoms with van der Waals surface area (Å²) in [5.74, 6) is 0.184. The molecule has 8 heteroatoms. The molecule has 0 spiro atoms. The van der Waals surface area contributed by atoms with E-state index in [1.165, 1.54) is 0 Å². The molecular weight excluding hydrogens is 358 g/mol. The normalized spacial score (nSPS) is 11.4. The number of nitrogens with zero attached hydrogens (tertiary/aromatic N) is 3. The van der Waals surface area contributed by atoms with Gasteiger partial charge in [0.1, 0.15) is 5.76 Å². The first kappa shape index (κ1) is 19.6. The van der Waals surface area contributed by atoms with Gasteiger partial charge in [-0.2, -0.15) is 5.10 Å². The Morgan fingerprint density at radius 2 is 2.00 bits per heavy atom. The Labute approximate surface area is 163 Å². The van der Waals surface area contributed by atoms with Gasteiger partial charge in [-0.05, 0) is 38.0 Å². The Balaban J connectivity index is 1.76. The van der Waals surface area contributed by atoms with Crippen LogP contribution in [0.1, 0.15) is 61.5 Å². The van der Waals surface area contributed by atoms with E-state index in [-0.39, 0.29) is 36.9 Å². The van der Waals surface area contributed by atoms with Crippen molar-refractivity contribution in [2.75, 3.05) is 6.54 Å². The summed E-state index contributed by atoms with van der Waals surface area (Å²) in [6, 6.07) is 5.42. The zero-order valence-electron chi connectivity index (χ0n) is 16.5. The van der Waals surface area contributed by atoms with E-state index >= 15 is 0 Å². The highest BCUT2D eigenvalue weighted by molar-refractivity contribution is 6.06. The van der Waals surface area contributed by atoms with E-state index in [4.69, 9.17) is 4.42 Å². The van der Waals surface area contributed by atoms with Crippen LogP contribution < -0.4 is 10.6 Å². The lowest BCUT2D eigenvalue weighted by molar-refractivity contribution is -0.120. The van der Waals surface area contributed by atoms with E-state index in [1.54, 1.807) is 35.3 Å². The van der Waals surface area contributed by atoms with Crippen molar-refractivity contribution in [1.29, 1.82) is 0 Å². The van der Waals surface area contributed by atoms with Crippen LogP contribution >= 0.6 is 0 Å². The molecule has 28 heavy (non-hydrogen) atoms. The second-order valence-electron chi connectivity index (χ2n) is 7.21. The summed E-state index contributed by atoms with van der Waals surface area (Å²) in [5.41, 5.74) is 1.95. The average molecular weight is 383 g/mol. The molecule has 0 aliphatic heterocycles. The molecule has 0 aliphatic rings. The number of hydrogen-bond acceptors (Lipinski definition) is 5. The van der Waals surface area contributed by atoms with Crippen molar-refractivity contribution in [3.63, 3.8) is 0 Å². The number of pyridine rings is 1. The minimum Gasteiger partial charge on any atom is -0.467 e. The van der Waals surface area contributed by atoms with Crippen LogP contribution in [-0.2, 0) is 11.3 Å². The molecule has 3 aromatic heterocycles. The summed E-state index contributed by atoms with van der Waals surface area (Å²) in [6.07, 6.45) is 3.19. The lowest BCUT2D eigenvalue weighted by Gasteiger charge is -2.12. The molecule has 3 heterocycles. The fourth-order valence-corrected chi connectivity index (χ4v) is 2.82. The summed E-state index contributed by atoms with van der Waals surface area (Å²) in [6.45, 7) is 8.22. The third-order valence-electron chi connectivity index (χ3n) is 4.36. The average Bonchev–Trinajstić information content (AvgIpc) is 3.32. The zero-order chi connectivity index (χ0) is 20.3. The molecule has 2 amide bonds. The quantitative estimate of drug-likeness (QED) is 0.653. The minimum absolute atomic E-state index is 0.121. The van der Waals surface area contributed by atoms with Crippen molar-refractivity contribution in [3.8, 4) is 0 Å². The van der Waals surface area contributed by atoms with Gasteiger partial charge in [0.05, 0.1) is 36.5 Å². The molecule has 0 atom stereocenters. The van der Waals surface area contributed by atoms with E-state index in [0.29, 0.717) is 22.4 Å². The second-order valence-corrected chi connectivity index (χ2v) is 7.21. The number of amides is 2. The van der Waals surface area contributed by atoms with Gasteiger partial charge in [0, 0.05) is 11.7 Å². The molecule has 2 N–H and O–H groups in total. The number of aromatic nitrogens is 3.